The molecule has 0 saturated heterocycles. The Morgan fingerprint density at radius 1 is 0.842 bits per heavy atom. The summed E-state index contributed by atoms with van der Waals surface area (Å²) in [6.07, 6.45) is -4.33. The molecule has 0 aliphatic carbocycles. The van der Waals surface area contributed by atoms with Crippen molar-refractivity contribution in [1.29, 1.82) is 0 Å². The molecular weight excluding hydrogens is 275 g/mol. The van der Waals surface area contributed by atoms with E-state index in [1.807, 2.05) is 0 Å². The first-order valence-electron chi connectivity index (χ1n) is 5.56. The highest BCUT2D eigenvalue weighted by Crippen LogP contribution is 2.30. The van der Waals surface area contributed by atoms with Gasteiger partial charge >= 0.3 is 6.18 Å². The molecule has 0 aromatic heterocycles. The van der Waals surface area contributed by atoms with E-state index in [9.17, 15) is 13.2 Å². The molecule has 2 aromatic rings. The van der Waals surface area contributed by atoms with Crippen molar-refractivity contribution in [2.45, 2.75) is 12.2 Å². The Morgan fingerprint density at radius 2 is 1.26 bits per heavy atom. The van der Waals surface area contributed by atoms with Crippen LogP contribution in [-0.4, -0.2) is 0 Å². The standard InChI is InChI=1S/C14H11ClF3N/c15-12-7-3-10(4-8-12)13(19)9-1-5-11(6-2-9)14(16,17)18/h1-8,13H,19H2/t13-/m0/s1. The molecule has 0 aliphatic heterocycles. The molecule has 5 heteroatoms. The molecule has 0 heterocycles. The van der Waals surface area contributed by atoms with E-state index in [0.717, 1.165) is 17.7 Å². The second-order valence-corrected chi connectivity index (χ2v) is 4.59. The van der Waals surface area contributed by atoms with Gasteiger partial charge in [0.25, 0.3) is 0 Å². The van der Waals surface area contributed by atoms with Crippen molar-refractivity contribution in [3.05, 3.63) is 70.2 Å². The van der Waals surface area contributed by atoms with E-state index in [2.05, 4.69) is 0 Å². The molecular formula is C14H11ClF3N. The van der Waals surface area contributed by atoms with Gasteiger partial charge in [-0.15, -0.1) is 0 Å². The molecule has 2 aromatic carbocycles. The van der Waals surface area contributed by atoms with E-state index < -0.39 is 17.8 Å². The van der Waals surface area contributed by atoms with Gasteiger partial charge in [-0.25, -0.2) is 0 Å². The average molecular weight is 286 g/mol. The number of rotatable bonds is 2. The van der Waals surface area contributed by atoms with Crippen molar-refractivity contribution in [1.82, 2.24) is 0 Å². The van der Waals surface area contributed by atoms with Crippen molar-refractivity contribution in [2.75, 3.05) is 0 Å². The van der Waals surface area contributed by atoms with Crippen LogP contribution in [0.1, 0.15) is 22.7 Å². The lowest BCUT2D eigenvalue weighted by Gasteiger charge is -2.14. The van der Waals surface area contributed by atoms with E-state index in [1.165, 1.54) is 12.1 Å². The molecule has 2 N–H and O–H groups in total. The van der Waals surface area contributed by atoms with E-state index in [1.54, 1.807) is 24.3 Å². The molecule has 1 atom stereocenters. The number of benzene rings is 2. The fourth-order valence-electron chi connectivity index (χ4n) is 1.74. The van der Waals surface area contributed by atoms with Crippen LogP contribution in [0.25, 0.3) is 0 Å². The molecule has 0 bridgehead atoms. The quantitative estimate of drug-likeness (QED) is 0.869. The van der Waals surface area contributed by atoms with Crippen LogP contribution >= 0.6 is 11.6 Å². The lowest BCUT2D eigenvalue weighted by molar-refractivity contribution is -0.137. The molecule has 0 aliphatic rings. The number of alkyl halides is 3. The molecule has 0 saturated carbocycles. The first kappa shape index (κ1) is 13.9. The Labute approximate surface area is 113 Å². The smallest absolute Gasteiger partial charge is 0.320 e. The van der Waals surface area contributed by atoms with Gasteiger partial charge in [0, 0.05) is 5.02 Å². The van der Waals surface area contributed by atoms with E-state index in [0.29, 0.717) is 10.6 Å². The summed E-state index contributed by atoms with van der Waals surface area (Å²) in [6.45, 7) is 0. The first-order chi connectivity index (χ1) is 8.88. The lowest BCUT2D eigenvalue weighted by Crippen LogP contribution is -2.12. The van der Waals surface area contributed by atoms with Gasteiger partial charge in [-0.2, -0.15) is 13.2 Å². The van der Waals surface area contributed by atoms with Crippen LogP contribution in [0.4, 0.5) is 13.2 Å². The van der Waals surface area contributed by atoms with Gasteiger partial charge in [-0.1, -0.05) is 35.9 Å². The predicted octanol–water partition coefficient (Wildman–Crippen LogP) is 4.41. The molecule has 0 spiro atoms. The normalized spacial score (nSPS) is 13.3. The summed E-state index contributed by atoms with van der Waals surface area (Å²) in [5, 5.41) is 0.586. The van der Waals surface area contributed by atoms with Crippen LogP contribution in [0.5, 0.6) is 0 Å². The minimum Gasteiger partial charge on any atom is -0.320 e. The second kappa shape index (κ2) is 5.23. The molecule has 0 unspecified atom stereocenters. The lowest BCUT2D eigenvalue weighted by atomic mass is 9.98. The zero-order chi connectivity index (χ0) is 14.0. The predicted molar refractivity (Wildman–Crippen MR) is 68.9 cm³/mol. The molecule has 19 heavy (non-hydrogen) atoms. The van der Waals surface area contributed by atoms with Gasteiger partial charge in [-0.3, -0.25) is 0 Å². The van der Waals surface area contributed by atoms with Crippen molar-refractivity contribution in [2.24, 2.45) is 5.73 Å². The van der Waals surface area contributed by atoms with Gasteiger partial charge < -0.3 is 5.73 Å². The minimum absolute atomic E-state index is 0.473. The third-order valence-electron chi connectivity index (χ3n) is 2.83. The summed E-state index contributed by atoms with van der Waals surface area (Å²) < 4.78 is 37.3. The molecule has 2 rings (SSSR count). The number of hydrogen-bond acceptors (Lipinski definition) is 1. The van der Waals surface area contributed by atoms with E-state index in [4.69, 9.17) is 17.3 Å². The molecule has 100 valence electrons. The maximum atomic E-state index is 12.4. The van der Waals surface area contributed by atoms with Crippen molar-refractivity contribution < 1.29 is 13.2 Å². The summed E-state index contributed by atoms with van der Waals surface area (Å²) in [4.78, 5) is 0. The maximum Gasteiger partial charge on any atom is 0.416 e. The van der Waals surface area contributed by atoms with Gasteiger partial charge in [0.15, 0.2) is 0 Å². The maximum absolute atomic E-state index is 12.4. The third kappa shape index (κ3) is 3.28. The van der Waals surface area contributed by atoms with E-state index in [-0.39, 0.29) is 0 Å². The third-order valence-corrected chi connectivity index (χ3v) is 3.08. The van der Waals surface area contributed by atoms with Gasteiger partial charge in [0.05, 0.1) is 11.6 Å². The largest absolute Gasteiger partial charge is 0.416 e. The topological polar surface area (TPSA) is 26.0 Å². The average Bonchev–Trinajstić information content (AvgIpc) is 2.38. The van der Waals surface area contributed by atoms with E-state index >= 15 is 0 Å². The van der Waals surface area contributed by atoms with Crippen LogP contribution in [0, 0.1) is 0 Å². The molecule has 1 nitrogen and oxygen atoms in total. The Bertz CT molecular complexity index is 546. The van der Waals surface area contributed by atoms with Crippen molar-refractivity contribution >= 4 is 11.6 Å². The Balaban J connectivity index is 2.25. The van der Waals surface area contributed by atoms with Crippen LogP contribution in [0.2, 0.25) is 5.02 Å². The van der Waals surface area contributed by atoms with Gasteiger partial charge in [0.2, 0.25) is 0 Å². The van der Waals surface area contributed by atoms with Crippen LogP contribution in [-0.2, 0) is 6.18 Å². The Morgan fingerprint density at radius 3 is 1.68 bits per heavy atom. The van der Waals surface area contributed by atoms with Gasteiger partial charge in [0.1, 0.15) is 0 Å². The summed E-state index contributed by atoms with van der Waals surface area (Å²) in [6, 6.07) is 11.3. The SMILES string of the molecule is N[C@H](c1ccc(Cl)cc1)c1ccc(C(F)(F)F)cc1. The zero-order valence-electron chi connectivity index (χ0n) is 9.79. The summed E-state index contributed by atoms with van der Waals surface area (Å²) in [5.74, 6) is 0. The van der Waals surface area contributed by atoms with Crippen LogP contribution in [0.15, 0.2) is 48.5 Å². The molecule has 0 fully saturated rings. The summed E-state index contributed by atoms with van der Waals surface area (Å²) >= 11 is 5.77. The number of nitrogens with two attached hydrogens (primary N) is 1. The molecule has 0 amide bonds. The van der Waals surface area contributed by atoms with Crippen LogP contribution in [0.3, 0.4) is 0 Å². The summed E-state index contributed by atoms with van der Waals surface area (Å²) in [7, 11) is 0. The molecule has 0 radical (unpaired) electrons. The fraction of sp³-hybridized carbons (Fsp3) is 0.143. The van der Waals surface area contributed by atoms with Crippen LogP contribution < -0.4 is 5.73 Å². The highest BCUT2D eigenvalue weighted by atomic mass is 35.5. The number of halogens is 4. The Hall–Kier alpha value is -1.52. The highest BCUT2D eigenvalue weighted by Gasteiger charge is 2.30. The summed E-state index contributed by atoms with van der Waals surface area (Å²) in [5.41, 5.74) is 6.74. The minimum atomic E-state index is -4.33. The Kier molecular flexibility index (Phi) is 3.83. The first-order valence-corrected chi connectivity index (χ1v) is 5.94. The van der Waals surface area contributed by atoms with Crippen molar-refractivity contribution in [3.8, 4) is 0 Å². The second-order valence-electron chi connectivity index (χ2n) is 4.15. The van der Waals surface area contributed by atoms with Gasteiger partial charge in [-0.05, 0) is 35.4 Å². The fourth-order valence-corrected chi connectivity index (χ4v) is 1.87. The zero-order valence-corrected chi connectivity index (χ0v) is 10.5. The monoisotopic (exact) mass is 285 g/mol. The number of hydrogen-bond donors (Lipinski definition) is 1. The van der Waals surface area contributed by atoms with Crippen molar-refractivity contribution in [3.63, 3.8) is 0 Å². The highest BCUT2D eigenvalue weighted by molar-refractivity contribution is 6.30.